The zero-order chi connectivity index (χ0) is 19.5. The maximum absolute atomic E-state index is 13.0. The summed E-state index contributed by atoms with van der Waals surface area (Å²) in [7, 11) is 0. The predicted molar refractivity (Wildman–Crippen MR) is 113 cm³/mol. The predicted octanol–water partition coefficient (Wildman–Crippen LogP) is 5.03. The number of nitrogens with zero attached hydrogens (tertiary/aromatic N) is 1. The molecule has 2 heterocycles. The maximum atomic E-state index is 13.0. The van der Waals surface area contributed by atoms with Crippen molar-refractivity contribution in [1.29, 1.82) is 0 Å². The van der Waals surface area contributed by atoms with E-state index in [-0.39, 0.29) is 12.0 Å². The quantitative estimate of drug-likeness (QED) is 0.660. The standard InChI is InChI=1S/C23H23ClN2O2/c1-2-15-8-10-16(11-9-15)21-13-19(18-6-3-7-20(24)22(18)26-21)23(27)25-14-17-5-4-12-28-17/h3,6-11,13,17H,2,4-5,12,14H2,1H3,(H,25,27). The van der Waals surface area contributed by atoms with Gasteiger partial charge < -0.3 is 10.1 Å². The zero-order valence-corrected chi connectivity index (χ0v) is 16.6. The largest absolute Gasteiger partial charge is 0.376 e. The van der Waals surface area contributed by atoms with Gasteiger partial charge >= 0.3 is 0 Å². The first-order chi connectivity index (χ1) is 13.7. The smallest absolute Gasteiger partial charge is 0.252 e. The molecule has 1 aliphatic rings. The van der Waals surface area contributed by atoms with E-state index in [1.54, 1.807) is 6.07 Å². The van der Waals surface area contributed by atoms with Crippen molar-refractivity contribution in [3.05, 3.63) is 64.7 Å². The minimum atomic E-state index is -0.128. The number of para-hydroxylation sites is 1. The third-order valence-corrected chi connectivity index (χ3v) is 5.51. The Bertz CT molecular complexity index is 995. The van der Waals surface area contributed by atoms with Crippen LogP contribution < -0.4 is 5.32 Å². The van der Waals surface area contributed by atoms with Crippen molar-refractivity contribution in [2.75, 3.05) is 13.2 Å². The molecule has 28 heavy (non-hydrogen) atoms. The molecule has 0 spiro atoms. The molecule has 4 nitrogen and oxygen atoms in total. The third-order valence-electron chi connectivity index (χ3n) is 5.21. The molecule has 2 aromatic carbocycles. The fourth-order valence-electron chi connectivity index (χ4n) is 3.57. The number of pyridine rings is 1. The highest BCUT2D eigenvalue weighted by molar-refractivity contribution is 6.35. The minimum Gasteiger partial charge on any atom is -0.376 e. The summed E-state index contributed by atoms with van der Waals surface area (Å²) in [5.74, 6) is -0.128. The van der Waals surface area contributed by atoms with E-state index in [4.69, 9.17) is 21.3 Å². The number of halogens is 1. The first kappa shape index (κ1) is 18.9. The number of hydrogen-bond donors (Lipinski definition) is 1. The Morgan fingerprint density at radius 1 is 1.25 bits per heavy atom. The summed E-state index contributed by atoms with van der Waals surface area (Å²) in [5.41, 5.74) is 4.19. The highest BCUT2D eigenvalue weighted by atomic mass is 35.5. The molecule has 0 saturated carbocycles. The fraction of sp³-hybridized carbons (Fsp3) is 0.304. The molecule has 1 aromatic heterocycles. The molecule has 3 aromatic rings. The van der Waals surface area contributed by atoms with Gasteiger partial charge in [0.05, 0.1) is 27.9 Å². The number of carbonyl (C=O) groups is 1. The number of aryl methyl sites for hydroxylation is 1. The van der Waals surface area contributed by atoms with E-state index in [0.717, 1.165) is 42.5 Å². The van der Waals surface area contributed by atoms with E-state index >= 15 is 0 Å². The van der Waals surface area contributed by atoms with Crippen LogP contribution in [0.25, 0.3) is 22.2 Å². The van der Waals surface area contributed by atoms with Crippen molar-refractivity contribution in [2.24, 2.45) is 0 Å². The van der Waals surface area contributed by atoms with Gasteiger partial charge in [0.25, 0.3) is 5.91 Å². The molecule has 1 fully saturated rings. The number of amides is 1. The number of carbonyl (C=O) groups excluding carboxylic acids is 1. The Morgan fingerprint density at radius 3 is 2.79 bits per heavy atom. The normalized spacial score (nSPS) is 16.4. The Balaban J connectivity index is 1.72. The van der Waals surface area contributed by atoms with Crippen LogP contribution >= 0.6 is 11.6 Å². The lowest BCUT2D eigenvalue weighted by molar-refractivity contribution is 0.0859. The summed E-state index contributed by atoms with van der Waals surface area (Å²) in [6, 6.07) is 15.6. The second kappa shape index (κ2) is 8.29. The average Bonchev–Trinajstić information content (AvgIpc) is 3.25. The second-order valence-electron chi connectivity index (χ2n) is 7.09. The number of nitrogens with one attached hydrogen (secondary N) is 1. The van der Waals surface area contributed by atoms with Crippen LogP contribution in [0.1, 0.15) is 35.7 Å². The number of fused-ring (bicyclic) bond motifs is 1. The summed E-state index contributed by atoms with van der Waals surface area (Å²) >= 11 is 6.41. The first-order valence-electron chi connectivity index (χ1n) is 9.74. The molecule has 1 amide bonds. The maximum Gasteiger partial charge on any atom is 0.252 e. The van der Waals surface area contributed by atoms with Gasteiger partial charge in [0, 0.05) is 24.1 Å². The van der Waals surface area contributed by atoms with Gasteiger partial charge in [0.2, 0.25) is 0 Å². The van der Waals surface area contributed by atoms with E-state index in [0.29, 0.717) is 22.6 Å². The van der Waals surface area contributed by atoms with E-state index in [9.17, 15) is 4.79 Å². The molecule has 0 aliphatic carbocycles. The van der Waals surface area contributed by atoms with Gasteiger partial charge in [-0.3, -0.25) is 4.79 Å². The summed E-state index contributed by atoms with van der Waals surface area (Å²) in [6.07, 6.45) is 3.11. The number of benzene rings is 2. The van der Waals surface area contributed by atoms with E-state index < -0.39 is 0 Å². The van der Waals surface area contributed by atoms with Crippen molar-refractivity contribution >= 4 is 28.4 Å². The summed E-state index contributed by atoms with van der Waals surface area (Å²) in [4.78, 5) is 17.7. The van der Waals surface area contributed by atoms with Crippen LogP contribution in [0, 0.1) is 0 Å². The molecule has 5 heteroatoms. The molecule has 144 valence electrons. The Labute approximate surface area is 169 Å². The molecule has 1 N–H and O–H groups in total. The number of hydrogen-bond acceptors (Lipinski definition) is 3. The molecular weight excluding hydrogens is 372 g/mol. The Hall–Kier alpha value is -2.43. The van der Waals surface area contributed by atoms with E-state index in [1.165, 1.54) is 5.56 Å². The topological polar surface area (TPSA) is 51.2 Å². The lowest BCUT2D eigenvalue weighted by Gasteiger charge is -2.14. The number of ether oxygens (including phenoxy) is 1. The van der Waals surface area contributed by atoms with Gasteiger partial charge in [0.15, 0.2) is 0 Å². The summed E-state index contributed by atoms with van der Waals surface area (Å²) < 4.78 is 5.61. The van der Waals surface area contributed by atoms with Gasteiger partial charge in [-0.05, 0) is 37.0 Å². The summed E-state index contributed by atoms with van der Waals surface area (Å²) in [5, 5.41) is 4.31. The molecule has 1 unspecified atom stereocenters. The van der Waals surface area contributed by atoms with Gasteiger partial charge in [-0.1, -0.05) is 54.9 Å². The van der Waals surface area contributed by atoms with Crippen LogP contribution in [0.5, 0.6) is 0 Å². The van der Waals surface area contributed by atoms with E-state index in [1.807, 2.05) is 30.3 Å². The molecule has 0 bridgehead atoms. The average molecular weight is 395 g/mol. The lowest BCUT2D eigenvalue weighted by atomic mass is 10.0. The van der Waals surface area contributed by atoms with Crippen LogP contribution in [-0.4, -0.2) is 30.1 Å². The molecule has 1 atom stereocenters. The van der Waals surface area contributed by atoms with Crippen LogP contribution in [0.3, 0.4) is 0 Å². The highest BCUT2D eigenvalue weighted by Crippen LogP contribution is 2.29. The highest BCUT2D eigenvalue weighted by Gasteiger charge is 2.19. The molecule has 0 radical (unpaired) electrons. The molecular formula is C23H23ClN2O2. The van der Waals surface area contributed by atoms with Gasteiger partial charge in [-0.15, -0.1) is 0 Å². The zero-order valence-electron chi connectivity index (χ0n) is 15.9. The Morgan fingerprint density at radius 2 is 2.07 bits per heavy atom. The molecule has 1 aliphatic heterocycles. The molecule has 4 rings (SSSR count). The van der Waals surface area contributed by atoms with Crippen molar-refractivity contribution in [1.82, 2.24) is 10.3 Å². The van der Waals surface area contributed by atoms with Gasteiger partial charge in [0.1, 0.15) is 0 Å². The molecule has 1 saturated heterocycles. The van der Waals surface area contributed by atoms with Crippen LogP contribution in [0.4, 0.5) is 0 Å². The first-order valence-corrected chi connectivity index (χ1v) is 10.1. The fourth-order valence-corrected chi connectivity index (χ4v) is 3.78. The lowest BCUT2D eigenvalue weighted by Crippen LogP contribution is -2.32. The van der Waals surface area contributed by atoms with Crippen LogP contribution in [-0.2, 0) is 11.2 Å². The second-order valence-corrected chi connectivity index (χ2v) is 7.49. The van der Waals surface area contributed by atoms with Gasteiger partial charge in [-0.25, -0.2) is 4.98 Å². The minimum absolute atomic E-state index is 0.0988. The van der Waals surface area contributed by atoms with Crippen molar-refractivity contribution in [2.45, 2.75) is 32.3 Å². The van der Waals surface area contributed by atoms with Crippen LogP contribution in [0.2, 0.25) is 5.02 Å². The monoisotopic (exact) mass is 394 g/mol. The van der Waals surface area contributed by atoms with Crippen molar-refractivity contribution in [3.63, 3.8) is 0 Å². The number of rotatable bonds is 5. The van der Waals surface area contributed by atoms with E-state index in [2.05, 4.69) is 24.4 Å². The van der Waals surface area contributed by atoms with Crippen molar-refractivity contribution in [3.8, 4) is 11.3 Å². The number of aromatic nitrogens is 1. The van der Waals surface area contributed by atoms with Crippen LogP contribution in [0.15, 0.2) is 48.5 Å². The van der Waals surface area contributed by atoms with Gasteiger partial charge in [-0.2, -0.15) is 0 Å². The third kappa shape index (κ3) is 3.89. The van der Waals surface area contributed by atoms with Crippen molar-refractivity contribution < 1.29 is 9.53 Å². The Kier molecular flexibility index (Phi) is 5.60. The SMILES string of the molecule is CCc1ccc(-c2cc(C(=O)NCC3CCCO3)c3cccc(Cl)c3n2)cc1. The summed E-state index contributed by atoms with van der Waals surface area (Å²) in [6.45, 7) is 3.41.